The van der Waals surface area contributed by atoms with Crippen molar-refractivity contribution >= 4 is 17.4 Å². The van der Waals surface area contributed by atoms with E-state index in [2.05, 4.69) is 41.5 Å². The quantitative estimate of drug-likeness (QED) is 0.562. The lowest BCUT2D eigenvalue weighted by Gasteiger charge is -2.11. The molecule has 0 aliphatic rings. The van der Waals surface area contributed by atoms with Crippen molar-refractivity contribution in [2.75, 3.05) is 11.9 Å². The molecule has 0 radical (unpaired) electrons. The number of carbonyl (C=O) groups excluding carboxylic acids is 1. The maximum absolute atomic E-state index is 11.2. The Labute approximate surface area is 124 Å². The van der Waals surface area contributed by atoms with Crippen molar-refractivity contribution in [2.45, 2.75) is 33.6 Å². The van der Waals surface area contributed by atoms with Gasteiger partial charge in [-0.1, -0.05) is 26.8 Å². The van der Waals surface area contributed by atoms with Crippen LogP contribution in [0.1, 0.15) is 32.2 Å². The van der Waals surface area contributed by atoms with Crippen molar-refractivity contribution in [3.8, 4) is 0 Å². The Morgan fingerprint density at radius 1 is 1.43 bits per heavy atom. The summed E-state index contributed by atoms with van der Waals surface area (Å²) in [5, 5.41) is 11.6. The van der Waals surface area contributed by atoms with Gasteiger partial charge in [0.2, 0.25) is 0 Å². The SMILES string of the molecule is CCc1cccc2nc(NCC(=O)NO)c(CC(C)C)n12. The average Bonchev–Trinajstić information content (AvgIpc) is 2.82. The fourth-order valence-electron chi connectivity index (χ4n) is 2.42. The van der Waals surface area contributed by atoms with Gasteiger partial charge < -0.3 is 5.32 Å². The van der Waals surface area contributed by atoms with Crippen LogP contribution in [-0.2, 0) is 17.6 Å². The first kappa shape index (κ1) is 15.3. The molecule has 114 valence electrons. The number of imidazole rings is 1. The molecule has 21 heavy (non-hydrogen) atoms. The second-order valence-corrected chi connectivity index (χ2v) is 5.46. The van der Waals surface area contributed by atoms with Crippen LogP contribution in [0.15, 0.2) is 18.2 Å². The van der Waals surface area contributed by atoms with E-state index >= 15 is 0 Å². The molecule has 0 aliphatic carbocycles. The molecule has 0 fully saturated rings. The molecule has 0 atom stereocenters. The molecule has 1 amide bonds. The van der Waals surface area contributed by atoms with E-state index in [0.717, 1.165) is 24.2 Å². The lowest BCUT2D eigenvalue weighted by molar-refractivity contribution is -0.127. The van der Waals surface area contributed by atoms with Crippen LogP contribution in [0, 0.1) is 5.92 Å². The predicted molar refractivity (Wildman–Crippen MR) is 81.5 cm³/mol. The number of pyridine rings is 1. The van der Waals surface area contributed by atoms with Gasteiger partial charge in [0, 0.05) is 5.69 Å². The summed E-state index contributed by atoms with van der Waals surface area (Å²) >= 11 is 0. The van der Waals surface area contributed by atoms with E-state index in [4.69, 9.17) is 5.21 Å². The molecule has 2 aromatic rings. The summed E-state index contributed by atoms with van der Waals surface area (Å²) in [7, 11) is 0. The summed E-state index contributed by atoms with van der Waals surface area (Å²) in [5.74, 6) is 0.688. The number of amides is 1. The van der Waals surface area contributed by atoms with Gasteiger partial charge in [-0.15, -0.1) is 0 Å². The molecule has 0 saturated carbocycles. The first-order valence-electron chi connectivity index (χ1n) is 7.22. The number of nitrogens with one attached hydrogen (secondary N) is 2. The van der Waals surface area contributed by atoms with E-state index < -0.39 is 5.91 Å². The molecule has 0 aliphatic heterocycles. The third-order valence-corrected chi connectivity index (χ3v) is 3.32. The number of nitrogens with zero attached hydrogens (tertiary/aromatic N) is 2. The lowest BCUT2D eigenvalue weighted by Crippen LogP contribution is -2.27. The highest BCUT2D eigenvalue weighted by Crippen LogP contribution is 2.23. The molecule has 2 rings (SSSR count). The lowest BCUT2D eigenvalue weighted by atomic mass is 10.1. The minimum absolute atomic E-state index is 0.00701. The highest BCUT2D eigenvalue weighted by Gasteiger charge is 2.16. The number of hydrogen-bond donors (Lipinski definition) is 3. The molecular weight excluding hydrogens is 268 g/mol. The monoisotopic (exact) mass is 290 g/mol. The van der Waals surface area contributed by atoms with Gasteiger partial charge in [0.1, 0.15) is 11.5 Å². The van der Waals surface area contributed by atoms with Gasteiger partial charge in [0.25, 0.3) is 5.91 Å². The smallest absolute Gasteiger partial charge is 0.262 e. The Balaban J connectivity index is 2.45. The van der Waals surface area contributed by atoms with Crippen molar-refractivity contribution in [2.24, 2.45) is 5.92 Å². The van der Waals surface area contributed by atoms with Gasteiger partial charge in [0.05, 0.1) is 12.2 Å². The van der Waals surface area contributed by atoms with E-state index in [1.54, 1.807) is 5.48 Å². The van der Waals surface area contributed by atoms with E-state index in [1.807, 2.05) is 12.1 Å². The largest absolute Gasteiger partial charge is 0.359 e. The first-order chi connectivity index (χ1) is 10.1. The summed E-state index contributed by atoms with van der Waals surface area (Å²) in [6.45, 7) is 6.41. The normalized spacial score (nSPS) is 11.1. The Hall–Kier alpha value is -2.08. The van der Waals surface area contributed by atoms with Crippen molar-refractivity contribution in [1.82, 2.24) is 14.9 Å². The number of carbonyl (C=O) groups is 1. The average molecular weight is 290 g/mol. The second kappa shape index (κ2) is 6.58. The van der Waals surface area contributed by atoms with Crippen LogP contribution in [0.2, 0.25) is 0 Å². The van der Waals surface area contributed by atoms with Crippen LogP contribution in [0.4, 0.5) is 5.82 Å². The number of hydrogen-bond acceptors (Lipinski definition) is 4. The summed E-state index contributed by atoms with van der Waals surface area (Å²) in [5.41, 5.74) is 4.75. The van der Waals surface area contributed by atoms with Gasteiger partial charge in [0.15, 0.2) is 0 Å². The Kier molecular flexibility index (Phi) is 4.80. The maximum atomic E-state index is 11.2. The zero-order valence-electron chi connectivity index (χ0n) is 12.7. The predicted octanol–water partition coefficient (Wildman–Crippen LogP) is 2.01. The third kappa shape index (κ3) is 3.33. The summed E-state index contributed by atoms with van der Waals surface area (Å²) in [4.78, 5) is 15.8. The topological polar surface area (TPSA) is 78.7 Å². The van der Waals surface area contributed by atoms with Crippen LogP contribution >= 0.6 is 0 Å². The van der Waals surface area contributed by atoms with Crippen LogP contribution < -0.4 is 10.8 Å². The number of aromatic nitrogens is 2. The van der Waals surface area contributed by atoms with E-state index in [-0.39, 0.29) is 6.54 Å². The van der Waals surface area contributed by atoms with Crippen LogP contribution in [0.25, 0.3) is 5.65 Å². The standard InChI is InChI=1S/C15H22N4O2/c1-4-11-6-5-7-13-17-15(16-9-14(20)18-21)12(19(11)13)8-10(2)3/h5-7,10,16,21H,4,8-9H2,1-3H3,(H,18,20). The molecule has 6 heteroatoms. The van der Waals surface area contributed by atoms with Crippen molar-refractivity contribution < 1.29 is 10.0 Å². The van der Waals surface area contributed by atoms with E-state index in [0.29, 0.717) is 11.7 Å². The third-order valence-electron chi connectivity index (χ3n) is 3.32. The minimum Gasteiger partial charge on any atom is -0.359 e. The molecule has 0 saturated heterocycles. The van der Waals surface area contributed by atoms with Gasteiger partial charge in [-0.3, -0.25) is 14.4 Å². The number of fused-ring (bicyclic) bond motifs is 1. The first-order valence-corrected chi connectivity index (χ1v) is 7.22. The van der Waals surface area contributed by atoms with Gasteiger partial charge in [-0.05, 0) is 30.9 Å². The second-order valence-electron chi connectivity index (χ2n) is 5.46. The highest BCUT2D eigenvalue weighted by molar-refractivity contribution is 5.79. The summed E-state index contributed by atoms with van der Waals surface area (Å²) in [6.07, 6.45) is 1.77. The number of anilines is 1. The summed E-state index contributed by atoms with van der Waals surface area (Å²) < 4.78 is 2.15. The van der Waals surface area contributed by atoms with Crippen molar-refractivity contribution in [3.05, 3.63) is 29.6 Å². The van der Waals surface area contributed by atoms with E-state index in [1.165, 1.54) is 5.69 Å². The van der Waals surface area contributed by atoms with Gasteiger partial charge in [-0.2, -0.15) is 0 Å². The Morgan fingerprint density at radius 2 is 2.19 bits per heavy atom. The number of hydroxylamine groups is 1. The zero-order chi connectivity index (χ0) is 15.4. The van der Waals surface area contributed by atoms with Gasteiger partial charge >= 0.3 is 0 Å². The fourth-order valence-corrected chi connectivity index (χ4v) is 2.42. The molecule has 2 heterocycles. The molecule has 3 N–H and O–H groups in total. The molecule has 0 spiro atoms. The highest BCUT2D eigenvalue weighted by atomic mass is 16.5. The van der Waals surface area contributed by atoms with Crippen molar-refractivity contribution in [3.63, 3.8) is 0 Å². The number of rotatable bonds is 6. The number of aryl methyl sites for hydroxylation is 1. The van der Waals surface area contributed by atoms with Crippen LogP contribution in [0.5, 0.6) is 0 Å². The fraction of sp³-hybridized carbons (Fsp3) is 0.467. The molecule has 6 nitrogen and oxygen atoms in total. The minimum atomic E-state index is -0.488. The Bertz CT molecular complexity index is 634. The van der Waals surface area contributed by atoms with Gasteiger partial charge in [-0.25, -0.2) is 10.5 Å². The molecule has 0 bridgehead atoms. The van der Waals surface area contributed by atoms with Crippen LogP contribution in [0.3, 0.4) is 0 Å². The Morgan fingerprint density at radius 3 is 2.81 bits per heavy atom. The van der Waals surface area contributed by atoms with E-state index in [9.17, 15) is 4.79 Å². The van der Waals surface area contributed by atoms with Crippen LogP contribution in [-0.4, -0.2) is 27.0 Å². The molecule has 2 aromatic heterocycles. The van der Waals surface area contributed by atoms with Crippen molar-refractivity contribution in [1.29, 1.82) is 0 Å². The molecule has 0 aromatic carbocycles. The molecule has 0 unspecified atom stereocenters. The summed E-state index contributed by atoms with van der Waals surface area (Å²) in [6, 6.07) is 6.04. The molecular formula is C15H22N4O2. The zero-order valence-corrected chi connectivity index (χ0v) is 12.7. The maximum Gasteiger partial charge on any atom is 0.262 e.